The Morgan fingerprint density at radius 1 is 0.500 bits per heavy atom. The normalized spacial score (nSPS) is 12.2. The molecule has 9 aromatic rings. The Kier molecular flexibility index (Phi) is 5.13. The van der Waals surface area contributed by atoms with Gasteiger partial charge in [-0.05, 0) is 114 Å². The summed E-state index contributed by atoms with van der Waals surface area (Å²) in [6.07, 6.45) is 3.82. The largest absolute Gasteiger partial charge is 0.378 e. The molecule has 206 valence electrons. The van der Waals surface area contributed by atoms with Crippen LogP contribution in [0.2, 0.25) is 0 Å². The molecule has 44 heavy (non-hydrogen) atoms. The number of aromatic nitrogens is 1. The maximum Gasteiger partial charge on any atom is 0.120 e. The molecule has 9 rings (SSSR count). The molecule has 2 heteroatoms. The second-order valence-corrected chi connectivity index (χ2v) is 12.4. The van der Waals surface area contributed by atoms with Crippen molar-refractivity contribution in [2.75, 3.05) is 0 Å². The van der Waals surface area contributed by atoms with Crippen molar-refractivity contribution in [1.82, 2.24) is 4.98 Å². The first-order chi connectivity index (χ1) is 21.4. The van der Waals surface area contributed by atoms with Crippen LogP contribution in [0.3, 0.4) is 0 Å². The standard InChI is InChI=1S/C42H27NO/c1-42(2,44)18-17-35-36(33-19-29-13-9-25-5-3-6-26-10-14-30(20-33)40(29)38(25)26)23-43-24-37(35)34-21-31-15-11-27-7-4-8-28-12-16-32(22-34)41(31)39(27)28/h3-16,19-24,44H,1-2H3. The van der Waals surface area contributed by atoms with Gasteiger partial charge >= 0.3 is 0 Å². The monoisotopic (exact) mass is 561 g/mol. The van der Waals surface area contributed by atoms with Crippen LogP contribution < -0.4 is 0 Å². The van der Waals surface area contributed by atoms with Crippen LogP contribution in [0.1, 0.15) is 19.4 Å². The third kappa shape index (κ3) is 3.77. The molecule has 0 amide bonds. The topological polar surface area (TPSA) is 33.1 Å². The average Bonchev–Trinajstić information content (AvgIpc) is 3.04. The first-order valence-electron chi connectivity index (χ1n) is 15.0. The highest BCUT2D eigenvalue weighted by molar-refractivity contribution is 6.25. The minimum absolute atomic E-state index is 0.864. The zero-order valence-electron chi connectivity index (χ0n) is 24.4. The fraction of sp³-hybridized carbons (Fsp3) is 0.0714. The Bertz CT molecular complexity index is 2350. The Morgan fingerprint density at radius 3 is 1.20 bits per heavy atom. The van der Waals surface area contributed by atoms with Crippen LogP contribution in [0.4, 0.5) is 0 Å². The fourth-order valence-electron chi connectivity index (χ4n) is 7.07. The summed E-state index contributed by atoms with van der Waals surface area (Å²) in [6.45, 7) is 3.45. The van der Waals surface area contributed by atoms with Gasteiger partial charge in [0.25, 0.3) is 0 Å². The van der Waals surface area contributed by atoms with Crippen LogP contribution in [0.25, 0.3) is 86.9 Å². The van der Waals surface area contributed by atoms with E-state index in [1.807, 2.05) is 12.4 Å². The van der Waals surface area contributed by atoms with Crippen molar-refractivity contribution in [3.05, 3.63) is 127 Å². The van der Waals surface area contributed by atoms with Gasteiger partial charge in [-0.2, -0.15) is 0 Å². The lowest BCUT2D eigenvalue weighted by molar-refractivity contribution is 0.143. The van der Waals surface area contributed by atoms with E-state index < -0.39 is 5.60 Å². The Balaban J connectivity index is 1.31. The molecular formula is C42H27NO. The quantitative estimate of drug-likeness (QED) is 0.168. The lowest BCUT2D eigenvalue weighted by Crippen LogP contribution is -2.14. The number of benzene rings is 8. The van der Waals surface area contributed by atoms with Gasteiger partial charge in [-0.3, -0.25) is 4.98 Å². The summed E-state index contributed by atoms with van der Waals surface area (Å²) in [7, 11) is 0. The maximum absolute atomic E-state index is 10.7. The van der Waals surface area contributed by atoms with E-state index in [1.165, 1.54) is 64.6 Å². The maximum atomic E-state index is 10.7. The van der Waals surface area contributed by atoms with Crippen molar-refractivity contribution in [2.24, 2.45) is 0 Å². The summed E-state index contributed by atoms with van der Waals surface area (Å²) in [6, 6.07) is 39.7. The molecular weight excluding hydrogens is 534 g/mol. The number of nitrogens with zero attached hydrogens (tertiary/aromatic N) is 1. The minimum Gasteiger partial charge on any atom is -0.378 e. The SMILES string of the molecule is CC(C)(O)C#Cc1c(-c2cc3ccc4cccc5ccc(c2)c3c45)cncc1-c1cc2ccc3cccc4ccc(c1)c2c34. The number of aliphatic hydroxyl groups is 1. The molecule has 0 atom stereocenters. The number of rotatable bonds is 2. The number of hydrogen-bond donors (Lipinski definition) is 1. The number of pyridine rings is 1. The highest BCUT2D eigenvalue weighted by Gasteiger charge is 2.17. The van der Waals surface area contributed by atoms with Gasteiger partial charge in [-0.1, -0.05) is 96.8 Å². The van der Waals surface area contributed by atoms with Crippen LogP contribution in [-0.4, -0.2) is 15.7 Å². The third-order valence-corrected chi connectivity index (χ3v) is 8.99. The summed E-state index contributed by atoms with van der Waals surface area (Å²) in [4.78, 5) is 4.77. The molecule has 1 N–H and O–H groups in total. The highest BCUT2D eigenvalue weighted by Crippen LogP contribution is 2.41. The Morgan fingerprint density at radius 2 is 0.841 bits per heavy atom. The van der Waals surface area contributed by atoms with E-state index in [9.17, 15) is 5.11 Å². The van der Waals surface area contributed by atoms with E-state index in [2.05, 4.69) is 121 Å². The van der Waals surface area contributed by atoms with Gasteiger partial charge in [0.2, 0.25) is 0 Å². The Labute approximate surface area is 254 Å². The lowest BCUT2D eigenvalue weighted by atomic mass is 9.88. The highest BCUT2D eigenvalue weighted by atomic mass is 16.3. The first-order valence-corrected chi connectivity index (χ1v) is 15.0. The van der Waals surface area contributed by atoms with Crippen LogP contribution in [0.5, 0.6) is 0 Å². The van der Waals surface area contributed by atoms with Gasteiger partial charge in [0.15, 0.2) is 0 Å². The molecule has 0 saturated carbocycles. The number of hydrogen-bond acceptors (Lipinski definition) is 2. The second kappa shape index (κ2) is 9.01. The molecule has 1 heterocycles. The molecule has 2 nitrogen and oxygen atoms in total. The minimum atomic E-state index is -1.14. The molecule has 1 aromatic heterocycles. The van der Waals surface area contributed by atoms with Gasteiger partial charge in [-0.15, -0.1) is 0 Å². The van der Waals surface area contributed by atoms with Gasteiger partial charge in [0.1, 0.15) is 5.60 Å². The molecule has 0 aliphatic rings. The molecule has 0 fully saturated rings. The average molecular weight is 562 g/mol. The predicted molar refractivity (Wildman–Crippen MR) is 186 cm³/mol. The van der Waals surface area contributed by atoms with E-state index in [0.717, 1.165) is 27.8 Å². The van der Waals surface area contributed by atoms with E-state index >= 15 is 0 Å². The van der Waals surface area contributed by atoms with Gasteiger partial charge in [-0.25, -0.2) is 0 Å². The summed E-state index contributed by atoms with van der Waals surface area (Å²) in [5, 5.41) is 25.6. The van der Waals surface area contributed by atoms with Crippen LogP contribution in [0.15, 0.2) is 122 Å². The first kappa shape index (κ1) is 25.0. The molecule has 8 aromatic carbocycles. The predicted octanol–water partition coefficient (Wildman–Crippen LogP) is 10.3. The third-order valence-electron chi connectivity index (χ3n) is 8.99. The van der Waals surface area contributed by atoms with Crippen LogP contribution in [-0.2, 0) is 0 Å². The van der Waals surface area contributed by atoms with E-state index in [4.69, 9.17) is 4.98 Å². The molecule has 0 saturated heterocycles. The van der Waals surface area contributed by atoms with Gasteiger partial charge < -0.3 is 5.11 Å². The van der Waals surface area contributed by atoms with Crippen molar-refractivity contribution in [1.29, 1.82) is 0 Å². The van der Waals surface area contributed by atoms with Crippen molar-refractivity contribution >= 4 is 64.6 Å². The van der Waals surface area contributed by atoms with Crippen molar-refractivity contribution in [3.63, 3.8) is 0 Å². The van der Waals surface area contributed by atoms with Gasteiger partial charge in [0.05, 0.1) is 0 Å². The molecule has 0 bridgehead atoms. The van der Waals surface area contributed by atoms with E-state index in [1.54, 1.807) is 13.8 Å². The molecule has 0 aliphatic heterocycles. The van der Waals surface area contributed by atoms with Gasteiger partial charge in [0, 0.05) is 29.1 Å². The summed E-state index contributed by atoms with van der Waals surface area (Å²) < 4.78 is 0. The summed E-state index contributed by atoms with van der Waals surface area (Å²) in [5.74, 6) is 6.50. The van der Waals surface area contributed by atoms with Crippen molar-refractivity contribution in [3.8, 4) is 34.1 Å². The van der Waals surface area contributed by atoms with Crippen LogP contribution >= 0.6 is 0 Å². The molecule has 0 spiro atoms. The van der Waals surface area contributed by atoms with E-state index in [0.29, 0.717) is 0 Å². The van der Waals surface area contributed by atoms with Crippen LogP contribution in [0, 0.1) is 11.8 Å². The lowest BCUT2D eigenvalue weighted by Gasteiger charge is -2.16. The zero-order chi connectivity index (χ0) is 29.6. The zero-order valence-corrected chi connectivity index (χ0v) is 24.4. The fourth-order valence-corrected chi connectivity index (χ4v) is 7.07. The molecule has 0 unspecified atom stereocenters. The molecule has 0 radical (unpaired) electrons. The summed E-state index contributed by atoms with van der Waals surface area (Å²) in [5.41, 5.74) is 3.75. The van der Waals surface area contributed by atoms with E-state index in [-0.39, 0.29) is 0 Å². The Hall–Kier alpha value is -5.49. The summed E-state index contributed by atoms with van der Waals surface area (Å²) >= 11 is 0. The van der Waals surface area contributed by atoms with Crippen molar-refractivity contribution in [2.45, 2.75) is 19.4 Å². The second-order valence-electron chi connectivity index (χ2n) is 12.4. The molecule has 0 aliphatic carbocycles. The van der Waals surface area contributed by atoms with Crippen molar-refractivity contribution < 1.29 is 5.11 Å². The smallest absolute Gasteiger partial charge is 0.120 e.